The van der Waals surface area contributed by atoms with Crippen molar-refractivity contribution in [3.8, 4) is 11.5 Å². The number of methoxy groups -OCH3 is 1. The Hall–Kier alpha value is -3.41. The van der Waals surface area contributed by atoms with E-state index >= 15 is 4.39 Å². The maximum absolute atomic E-state index is 15.5. The van der Waals surface area contributed by atoms with E-state index in [1.54, 1.807) is 11.0 Å². The van der Waals surface area contributed by atoms with E-state index in [1.165, 1.54) is 18.7 Å². The second-order valence-corrected chi connectivity index (χ2v) is 10.9. The van der Waals surface area contributed by atoms with Crippen molar-refractivity contribution in [3.05, 3.63) is 59.4 Å². The zero-order chi connectivity index (χ0) is 30.8. The van der Waals surface area contributed by atoms with Gasteiger partial charge in [-0.05, 0) is 69.8 Å². The monoisotopic (exact) mass is 600 g/mol. The van der Waals surface area contributed by atoms with Crippen LogP contribution in [0.2, 0.25) is 0 Å². The summed E-state index contributed by atoms with van der Waals surface area (Å²) in [6.45, 7) is 8.56. The molecule has 2 aromatic rings. The number of benzene rings is 2. The molecule has 2 N–H and O–H groups in total. The number of carbonyl (C=O) groups excluding carboxylic acids is 1. The molecule has 236 valence electrons. The molecule has 2 heterocycles. The lowest BCUT2D eigenvalue weighted by Crippen LogP contribution is -2.58. The number of halogens is 1. The van der Waals surface area contributed by atoms with Crippen molar-refractivity contribution in [2.75, 3.05) is 66.1 Å². The minimum absolute atomic E-state index is 0.0783. The Morgan fingerprint density at radius 1 is 0.977 bits per heavy atom. The summed E-state index contributed by atoms with van der Waals surface area (Å²) in [6.07, 6.45) is 0.518. The van der Waals surface area contributed by atoms with Crippen LogP contribution in [-0.4, -0.2) is 104 Å². The van der Waals surface area contributed by atoms with Gasteiger partial charge in [0, 0.05) is 39.3 Å². The minimum atomic E-state index is -1.20. The molecule has 0 saturated carbocycles. The van der Waals surface area contributed by atoms with Crippen molar-refractivity contribution in [2.24, 2.45) is 5.92 Å². The van der Waals surface area contributed by atoms with Gasteiger partial charge >= 0.3 is 6.09 Å². The molecule has 2 aromatic carbocycles. The fourth-order valence-corrected chi connectivity index (χ4v) is 6.08. The molecule has 0 aliphatic carbocycles. The van der Waals surface area contributed by atoms with Crippen LogP contribution in [0.4, 0.5) is 9.18 Å². The molecule has 2 atom stereocenters. The predicted molar refractivity (Wildman–Crippen MR) is 161 cm³/mol. The topological polar surface area (TPSA) is 104 Å². The van der Waals surface area contributed by atoms with Gasteiger partial charge in [0.25, 0.3) is 0 Å². The number of rotatable bonds is 13. The number of carboxylic acid groups (broad SMARTS) is 1. The highest BCUT2D eigenvalue weighted by Gasteiger charge is 2.38. The summed E-state index contributed by atoms with van der Waals surface area (Å²) in [4.78, 5) is 31.5. The molecule has 0 bridgehead atoms. The molecule has 2 aliphatic heterocycles. The van der Waals surface area contributed by atoms with E-state index in [-0.39, 0.29) is 23.1 Å². The summed E-state index contributed by atoms with van der Waals surface area (Å²) in [5.41, 5.74) is 1.56. The number of nitrogens with zero attached hydrogens (tertiary/aromatic N) is 3. The predicted octanol–water partition coefficient (Wildman–Crippen LogP) is 4.00. The SMILES string of the molecule is CCOc1ccc(OC)c(F)c1C(OCC)N1CCN(C(=O)C(NC(=O)O)C2CCN(CCc3ccccc3)CC2)CC1. The zero-order valence-corrected chi connectivity index (χ0v) is 25.5. The van der Waals surface area contributed by atoms with Crippen LogP contribution in [0.5, 0.6) is 11.5 Å². The first-order chi connectivity index (χ1) is 20.9. The van der Waals surface area contributed by atoms with E-state index in [0.29, 0.717) is 45.1 Å². The Labute approximate surface area is 253 Å². The lowest BCUT2D eigenvalue weighted by atomic mass is 9.88. The standard InChI is InChI=1S/C32H45FN4O6/c1-4-42-25-11-12-26(41-3)28(33)27(25)31(43-5-2)37-21-19-36(20-22-37)30(38)29(34-32(39)40)24-14-17-35(18-15-24)16-13-23-9-7-6-8-10-23/h6-12,24,29,31,34H,4-5,13-22H2,1-3H3,(H,39,40). The first kappa shape index (κ1) is 32.5. The third-order valence-electron chi connectivity index (χ3n) is 8.36. The fourth-order valence-electron chi connectivity index (χ4n) is 6.08. The summed E-state index contributed by atoms with van der Waals surface area (Å²) >= 11 is 0. The van der Waals surface area contributed by atoms with E-state index in [4.69, 9.17) is 14.2 Å². The summed E-state index contributed by atoms with van der Waals surface area (Å²) in [6, 6.07) is 12.8. The van der Waals surface area contributed by atoms with Gasteiger partial charge in [0.15, 0.2) is 11.6 Å². The number of piperidine rings is 1. The van der Waals surface area contributed by atoms with Gasteiger partial charge in [-0.2, -0.15) is 0 Å². The second-order valence-electron chi connectivity index (χ2n) is 10.9. The zero-order valence-electron chi connectivity index (χ0n) is 25.5. The van der Waals surface area contributed by atoms with Crippen molar-refractivity contribution >= 4 is 12.0 Å². The number of ether oxygens (including phenoxy) is 3. The number of piperazine rings is 1. The summed E-state index contributed by atoms with van der Waals surface area (Å²) < 4.78 is 32.5. The van der Waals surface area contributed by atoms with Gasteiger partial charge in [0.05, 0.1) is 19.3 Å². The molecule has 0 spiro atoms. The van der Waals surface area contributed by atoms with Crippen LogP contribution in [0.25, 0.3) is 0 Å². The van der Waals surface area contributed by atoms with Gasteiger partial charge in [-0.15, -0.1) is 0 Å². The van der Waals surface area contributed by atoms with Crippen molar-refractivity contribution in [2.45, 2.75) is 45.4 Å². The highest BCUT2D eigenvalue weighted by atomic mass is 19.1. The van der Waals surface area contributed by atoms with E-state index in [9.17, 15) is 14.7 Å². The third-order valence-corrected chi connectivity index (χ3v) is 8.36. The van der Waals surface area contributed by atoms with E-state index in [2.05, 4.69) is 22.3 Å². The first-order valence-electron chi connectivity index (χ1n) is 15.3. The van der Waals surface area contributed by atoms with Crippen LogP contribution in [0, 0.1) is 11.7 Å². The molecule has 2 amide bonds. The molecule has 2 fully saturated rings. The Morgan fingerprint density at radius 2 is 1.65 bits per heavy atom. The molecule has 10 nitrogen and oxygen atoms in total. The molecule has 2 saturated heterocycles. The van der Waals surface area contributed by atoms with Gasteiger partial charge in [0.2, 0.25) is 5.91 Å². The maximum Gasteiger partial charge on any atom is 0.405 e. The van der Waals surface area contributed by atoms with Crippen molar-refractivity contribution in [1.29, 1.82) is 0 Å². The molecule has 0 radical (unpaired) electrons. The highest BCUT2D eigenvalue weighted by Crippen LogP contribution is 2.37. The van der Waals surface area contributed by atoms with Crippen molar-refractivity contribution in [1.82, 2.24) is 20.0 Å². The normalized spacial score (nSPS) is 18.2. The van der Waals surface area contributed by atoms with Crippen LogP contribution in [-0.2, 0) is 16.0 Å². The lowest BCUT2D eigenvalue weighted by Gasteiger charge is -2.42. The van der Waals surface area contributed by atoms with E-state index in [0.717, 1.165) is 38.9 Å². The summed E-state index contributed by atoms with van der Waals surface area (Å²) in [7, 11) is 1.42. The van der Waals surface area contributed by atoms with Gasteiger partial charge < -0.3 is 34.4 Å². The largest absolute Gasteiger partial charge is 0.494 e. The van der Waals surface area contributed by atoms with Crippen molar-refractivity contribution in [3.63, 3.8) is 0 Å². The van der Waals surface area contributed by atoms with E-state index in [1.807, 2.05) is 36.9 Å². The van der Waals surface area contributed by atoms with E-state index < -0.39 is 24.2 Å². The van der Waals surface area contributed by atoms with Crippen LogP contribution >= 0.6 is 0 Å². The van der Waals surface area contributed by atoms with Gasteiger partial charge in [-0.25, -0.2) is 9.18 Å². The second kappa shape index (κ2) is 15.9. The Morgan fingerprint density at radius 3 is 2.26 bits per heavy atom. The molecular formula is C32H45FN4O6. The Kier molecular flexibility index (Phi) is 12.0. The number of likely N-dealkylation sites (tertiary alicyclic amines) is 1. The minimum Gasteiger partial charge on any atom is -0.494 e. The van der Waals surface area contributed by atoms with Gasteiger partial charge in [0.1, 0.15) is 18.0 Å². The van der Waals surface area contributed by atoms with Gasteiger partial charge in [-0.1, -0.05) is 30.3 Å². The van der Waals surface area contributed by atoms with Gasteiger partial charge in [-0.3, -0.25) is 9.69 Å². The smallest absolute Gasteiger partial charge is 0.405 e. The average molecular weight is 601 g/mol. The molecule has 0 aromatic heterocycles. The van der Waals surface area contributed by atoms with Crippen molar-refractivity contribution < 1.29 is 33.3 Å². The molecule has 11 heteroatoms. The molecular weight excluding hydrogens is 555 g/mol. The summed E-state index contributed by atoms with van der Waals surface area (Å²) in [5, 5.41) is 12.1. The Balaban J connectivity index is 1.39. The third kappa shape index (κ3) is 8.36. The fraction of sp³-hybridized carbons (Fsp3) is 0.562. The molecule has 2 aliphatic rings. The Bertz CT molecular complexity index is 1190. The lowest BCUT2D eigenvalue weighted by molar-refractivity contribution is -0.140. The number of nitrogens with one attached hydrogen (secondary N) is 1. The van der Waals surface area contributed by atoms with Crippen LogP contribution in [0.1, 0.15) is 44.0 Å². The maximum atomic E-state index is 15.5. The number of amides is 2. The quantitative estimate of drug-likeness (QED) is 0.356. The van der Waals surface area contributed by atoms with Crippen LogP contribution in [0.3, 0.4) is 0 Å². The molecule has 4 rings (SSSR count). The first-order valence-corrected chi connectivity index (χ1v) is 15.3. The molecule has 2 unspecified atom stereocenters. The number of carbonyl (C=O) groups is 2. The highest BCUT2D eigenvalue weighted by molar-refractivity contribution is 5.85. The van der Waals surface area contributed by atoms with Crippen LogP contribution < -0.4 is 14.8 Å². The number of hydrogen-bond donors (Lipinski definition) is 2. The van der Waals surface area contributed by atoms with Crippen LogP contribution in [0.15, 0.2) is 42.5 Å². The summed E-state index contributed by atoms with van der Waals surface area (Å²) in [5.74, 6) is -0.332. The number of hydrogen-bond acceptors (Lipinski definition) is 7. The average Bonchev–Trinajstić information content (AvgIpc) is 3.03. The molecule has 43 heavy (non-hydrogen) atoms.